The Morgan fingerprint density at radius 3 is 2.55 bits per heavy atom. The van der Waals surface area contributed by atoms with E-state index >= 15 is 0 Å². The lowest BCUT2D eigenvalue weighted by Crippen LogP contribution is -2.36. The predicted molar refractivity (Wildman–Crippen MR) is 73.7 cm³/mol. The van der Waals surface area contributed by atoms with Gasteiger partial charge >= 0.3 is 5.97 Å². The van der Waals surface area contributed by atoms with Crippen molar-refractivity contribution in [1.29, 1.82) is 0 Å². The number of aromatic carboxylic acids is 1. The molecule has 0 atom stereocenters. The van der Waals surface area contributed by atoms with Crippen LogP contribution in [0.1, 0.15) is 14.5 Å². The van der Waals surface area contributed by atoms with Gasteiger partial charge in [-0.25, -0.2) is 13.2 Å². The first kappa shape index (κ1) is 17.1. The third-order valence-electron chi connectivity index (χ3n) is 2.60. The van der Waals surface area contributed by atoms with Crippen molar-refractivity contribution in [2.24, 2.45) is 0 Å². The number of sulfonamides is 1. The van der Waals surface area contributed by atoms with Gasteiger partial charge in [0.25, 0.3) is 0 Å². The van der Waals surface area contributed by atoms with Crippen LogP contribution in [0, 0.1) is 6.92 Å². The summed E-state index contributed by atoms with van der Waals surface area (Å²) >= 11 is 0.910. The number of carboxylic acids is 1. The molecule has 114 valence electrons. The maximum Gasteiger partial charge on any atom is 0.345 e. The molecule has 0 aliphatic heterocycles. The molecule has 0 unspecified atom stereocenters. The van der Waals surface area contributed by atoms with Crippen molar-refractivity contribution in [1.82, 2.24) is 4.31 Å². The van der Waals surface area contributed by atoms with Crippen LogP contribution >= 0.6 is 11.3 Å². The molecule has 0 radical (unpaired) electrons. The summed E-state index contributed by atoms with van der Waals surface area (Å²) in [5, 5.41) is 17.9. The summed E-state index contributed by atoms with van der Waals surface area (Å²) in [4.78, 5) is 11.2. The Balaban J connectivity index is 3.15. The highest BCUT2D eigenvalue weighted by atomic mass is 32.2. The van der Waals surface area contributed by atoms with Gasteiger partial charge in [0, 0.05) is 25.1 Å². The Morgan fingerprint density at radius 2 is 2.10 bits per heavy atom. The number of hydrogen-bond donors (Lipinski definition) is 2. The number of hydrogen-bond acceptors (Lipinski definition) is 6. The monoisotopic (exact) mass is 323 g/mol. The summed E-state index contributed by atoms with van der Waals surface area (Å²) < 4.78 is 30.8. The zero-order valence-electron chi connectivity index (χ0n) is 11.2. The highest BCUT2D eigenvalue weighted by molar-refractivity contribution is 7.89. The fourth-order valence-electron chi connectivity index (χ4n) is 1.62. The highest BCUT2D eigenvalue weighted by Gasteiger charge is 2.28. The van der Waals surface area contributed by atoms with Crippen molar-refractivity contribution in [3.8, 4) is 0 Å². The molecule has 9 heteroatoms. The lowest BCUT2D eigenvalue weighted by atomic mass is 10.4. The maximum absolute atomic E-state index is 12.5. The van der Waals surface area contributed by atoms with Crippen LogP contribution in [0.25, 0.3) is 0 Å². The smallest absolute Gasteiger partial charge is 0.345 e. The van der Waals surface area contributed by atoms with E-state index in [-0.39, 0.29) is 36.1 Å². The quantitative estimate of drug-likeness (QED) is 0.717. The maximum atomic E-state index is 12.5. The second-order valence-corrected chi connectivity index (χ2v) is 7.12. The first-order valence-corrected chi connectivity index (χ1v) is 8.04. The van der Waals surface area contributed by atoms with Gasteiger partial charge in [0.2, 0.25) is 10.0 Å². The van der Waals surface area contributed by atoms with E-state index in [1.807, 2.05) is 0 Å². The molecule has 7 nitrogen and oxygen atoms in total. The standard InChI is InChI=1S/C11H17NO6S2/c1-8-10(7-9(19-8)11(14)15)20(16,17)12(3-5-13)4-6-18-2/h7,13H,3-6H2,1-2H3,(H,14,15). The number of methoxy groups -OCH3 is 1. The summed E-state index contributed by atoms with van der Waals surface area (Å²) in [7, 11) is -2.39. The Hall–Kier alpha value is -1.00. The van der Waals surface area contributed by atoms with Gasteiger partial charge < -0.3 is 14.9 Å². The van der Waals surface area contributed by atoms with E-state index in [0.29, 0.717) is 4.88 Å². The van der Waals surface area contributed by atoms with E-state index in [2.05, 4.69) is 0 Å². The lowest BCUT2D eigenvalue weighted by Gasteiger charge is -2.20. The van der Waals surface area contributed by atoms with Crippen molar-refractivity contribution in [2.75, 3.05) is 33.4 Å². The van der Waals surface area contributed by atoms with E-state index < -0.39 is 16.0 Å². The molecule has 0 saturated heterocycles. The normalized spacial score (nSPS) is 12.0. The number of aliphatic hydroxyl groups excluding tert-OH is 1. The fourth-order valence-corrected chi connectivity index (χ4v) is 4.44. The van der Waals surface area contributed by atoms with E-state index in [0.717, 1.165) is 21.7 Å². The van der Waals surface area contributed by atoms with Crippen molar-refractivity contribution >= 4 is 27.3 Å². The Bertz CT molecular complexity index is 565. The number of ether oxygens (including phenoxy) is 1. The zero-order chi connectivity index (χ0) is 15.3. The Labute approximate surface area is 121 Å². The van der Waals surface area contributed by atoms with E-state index in [9.17, 15) is 13.2 Å². The second kappa shape index (κ2) is 7.14. The number of carbonyl (C=O) groups is 1. The topological polar surface area (TPSA) is 104 Å². The van der Waals surface area contributed by atoms with Gasteiger partial charge in [0.1, 0.15) is 4.88 Å². The summed E-state index contributed by atoms with van der Waals surface area (Å²) in [6, 6.07) is 1.15. The number of aryl methyl sites for hydroxylation is 1. The molecule has 0 saturated carbocycles. The summed E-state index contributed by atoms with van der Waals surface area (Å²) in [5.41, 5.74) is 0. The third kappa shape index (κ3) is 3.76. The van der Waals surface area contributed by atoms with Crippen molar-refractivity contribution in [2.45, 2.75) is 11.8 Å². The molecule has 2 N–H and O–H groups in total. The molecule has 0 fully saturated rings. The van der Waals surface area contributed by atoms with Gasteiger partial charge in [-0.3, -0.25) is 0 Å². The van der Waals surface area contributed by atoms with Crippen molar-refractivity contribution < 1.29 is 28.2 Å². The minimum absolute atomic E-state index is 0.0308. The minimum atomic E-state index is -3.84. The lowest BCUT2D eigenvalue weighted by molar-refractivity contribution is 0.0702. The molecular weight excluding hydrogens is 306 g/mol. The van der Waals surface area contributed by atoms with Gasteiger partial charge in [-0.1, -0.05) is 0 Å². The summed E-state index contributed by atoms with van der Waals surface area (Å²) in [6.07, 6.45) is 0. The molecule has 1 rings (SSSR count). The van der Waals surface area contributed by atoms with Crippen LogP contribution in [-0.4, -0.2) is 62.3 Å². The average molecular weight is 323 g/mol. The largest absolute Gasteiger partial charge is 0.477 e. The number of rotatable bonds is 8. The molecule has 0 bridgehead atoms. The van der Waals surface area contributed by atoms with Crippen LogP contribution < -0.4 is 0 Å². The number of thiophene rings is 1. The molecule has 0 aliphatic rings. The second-order valence-electron chi connectivity index (χ2n) is 3.96. The van der Waals surface area contributed by atoms with Crippen LogP contribution in [0.4, 0.5) is 0 Å². The van der Waals surface area contributed by atoms with Crippen LogP contribution in [0.5, 0.6) is 0 Å². The molecule has 1 aromatic rings. The predicted octanol–water partition coefficient (Wildman–Crippen LogP) is 0.384. The average Bonchev–Trinajstić information content (AvgIpc) is 2.77. The Kier molecular flexibility index (Phi) is 6.08. The van der Waals surface area contributed by atoms with E-state index in [4.69, 9.17) is 14.9 Å². The molecule has 0 aliphatic carbocycles. The first-order valence-electron chi connectivity index (χ1n) is 5.78. The Morgan fingerprint density at radius 1 is 1.45 bits per heavy atom. The molecular formula is C11H17NO6S2. The summed E-state index contributed by atoms with van der Waals surface area (Å²) in [5.74, 6) is -1.16. The van der Waals surface area contributed by atoms with E-state index in [1.54, 1.807) is 6.92 Å². The molecule has 0 aromatic carbocycles. The van der Waals surface area contributed by atoms with Gasteiger partial charge in [-0.2, -0.15) is 4.31 Å². The molecule has 1 heterocycles. The number of aliphatic hydroxyl groups is 1. The molecule has 20 heavy (non-hydrogen) atoms. The van der Waals surface area contributed by atoms with Crippen LogP contribution in [-0.2, 0) is 14.8 Å². The zero-order valence-corrected chi connectivity index (χ0v) is 12.8. The molecule has 0 amide bonds. The number of carboxylic acid groups (broad SMARTS) is 1. The third-order valence-corrected chi connectivity index (χ3v) is 5.79. The van der Waals surface area contributed by atoms with Crippen molar-refractivity contribution in [3.05, 3.63) is 15.8 Å². The van der Waals surface area contributed by atoms with Crippen LogP contribution in [0.3, 0.4) is 0 Å². The van der Waals surface area contributed by atoms with Crippen molar-refractivity contribution in [3.63, 3.8) is 0 Å². The minimum Gasteiger partial charge on any atom is -0.477 e. The van der Waals surface area contributed by atoms with Gasteiger partial charge in [-0.05, 0) is 13.0 Å². The number of nitrogens with zero attached hydrogens (tertiary/aromatic N) is 1. The highest BCUT2D eigenvalue weighted by Crippen LogP contribution is 2.28. The van der Waals surface area contributed by atoms with Gasteiger partial charge in [0.05, 0.1) is 18.1 Å². The first-order chi connectivity index (χ1) is 9.34. The van der Waals surface area contributed by atoms with E-state index in [1.165, 1.54) is 7.11 Å². The van der Waals surface area contributed by atoms with Crippen LogP contribution in [0.2, 0.25) is 0 Å². The molecule has 0 spiro atoms. The SMILES string of the molecule is COCCN(CCO)S(=O)(=O)c1cc(C(=O)O)sc1C. The fraction of sp³-hybridized carbons (Fsp3) is 0.545. The molecule has 1 aromatic heterocycles. The van der Waals surface area contributed by atoms with Gasteiger partial charge in [-0.15, -0.1) is 11.3 Å². The van der Waals surface area contributed by atoms with Gasteiger partial charge in [0.15, 0.2) is 0 Å². The van der Waals surface area contributed by atoms with Crippen LogP contribution in [0.15, 0.2) is 11.0 Å². The summed E-state index contributed by atoms with van der Waals surface area (Å²) in [6.45, 7) is 1.45.